The molecule has 0 unspecified atom stereocenters. The van der Waals surface area contributed by atoms with Crippen LogP contribution < -0.4 is 5.32 Å². The van der Waals surface area contributed by atoms with Crippen LogP contribution >= 0.6 is 23.1 Å². The fraction of sp³-hybridized carbons (Fsp3) is 0.381. The van der Waals surface area contributed by atoms with E-state index in [1.807, 2.05) is 0 Å². The van der Waals surface area contributed by atoms with E-state index in [0.29, 0.717) is 28.3 Å². The summed E-state index contributed by atoms with van der Waals surface area (Å²) in [6.07, 6.45) is 8.33. The molecule has 4 rings (SSSR count). The smallest absolute Gasteiger partial charge is 0.341 e. The van der Waals surface area contributed by atoms with Crippen LogP contribution in [0.3, 0.4) is 0 Å². The number of thioether (sulfide) groups is 1. The summed E-state index contributed by atoms with van der Waals surface area (Å²) in [5.74, 6) is -0.153. The largest absolute Gasteiger partial charge is 0.462 e. The van der Waals surface area contributed by atoms with Crippen molar-refractivity contribution in [2.45, 2.75) is 44.3 Å². The van der Waals surface area contributed by atoms with Crippen molar-refractivity contribution in [1.29, 1.82) is 0 Å². The molecule has 1 aliphatic carbocycles. The van der Waals surface area contributed by atoms with Crippen LogP contribution in [-0.4, -0.2) is 39.4 Å². The Morgan fingerprint density at radius 1 is 1.19 bits per heavy atom. The van der Waals surface area contributed by atoms with Gasteiger partial charge in [-0.25, -0.2) is 4.79 Å². The second-order valence-corrected chi connectivity index (χ2v) is 8.97. The first-order valence-corrected chi connectivity index (χ1v) is 11.9. The minimum Gasteiger partial charge on any atom is -0.462 e. The summed E-state index contributed by atoms with van der Waals surface area (Å²) in [6, 6.07) is 3.54. The van der Waals surface area contributed by atoms with Crippen molar-refractivity contribution in [2.24, 2.45) is 0 Å². The molecular weight excluding hydrogens is 436 g/mol. The van der Waals surface area contributed by atoms with Gasteiger partial charge in [0.1, 0.15) is 5.00 Å². The molecule has 8 nitrogen and oxygen atoms in total. The van der Waals surface area contributed by atoms with Crippen LogP contribution in [0.5, 0.6) is 0 Å². The molecule has 0 saturated heterocycles. The Kier molecular flexibility index (Phi) is 6.98. The van der Waals surface area contributed by atoms with E-state index in [0.717, 1.165) is 55.0 Å². The lowest BCUT2D eigenvalue weighted by molar-refractivity contribution is -0.113. The lowest BCUT2D eigenvalue weighted by atomic mass is 10.1. The summed E-state index contributed by atoms with van der Waals surface area (Å²) >= 11 is 2.63. The summed E-state index contributed by atoms with van der Waals surface area (Å²) in [5.41, 5.74) is 2.31. The van der Waals surface area contributed by atoms with E-state index < -0.39 is 0 Å². The van der Waals surface area contributed by atoms with Crippen LogP contribution in [0.4, 0.5) is 5.00 Å². The van der Waals surface area contributed by atoms with Crippen molar-refractivity contribution in [3.8, 4) is 11.5 Å². The van der Waals surface area contributed by atoms with Crippen LogP contribution in [0, 0.1) is 0 Å². The summed E-state index contributed by atoms with van der Waals surface area (Å²) in [7, 11) is 0. The molecule has 0 aliphatic heterocycles. The highest BCUT2D eigenvalue weighted by Crippen LogP contribution is 2.38. The Morgan fingerprint density at radius 3 is 2.81 bits per heavy atom. The average Bonchev–Trinajstić information content (AvgIpc) is 3.31. The molecule has 1 N–H and O–H groups in total. The molecule has 0 spiro atoms. The number of aromatic nitrogens is 3. The van der Waals surface area contributed by atoms with E-state index in [2.05, 4.69) is 20.5 Å². The number of carbonyl (C=O) groups excluding carboxylic acids is 2. The summed E-state index contributed by atoms with van der Waals surface area (Å²) < 4.78 is 10.9. The molecule has 0 radical (unpaired) electrons. The topological polar surface area (TPSA) is 107 Å². The second-order valence-electron chi connectivity index (χ2n) is 6.93. The zero-order valence-electron chi connectivity index (χ0n) is 17.1. The maximum absolute atomic E-state index is 12.6. The fourth-order valence-corrected chi connectivity index (χ4v) is 5.28. The van der Waals surface area contributed by atoms with E-state index in [1.165, 1.54) is 16.2 Å². The van der Waals surface area contributed by atoms with E-state index >= 15 is 0 Å². The van der Waals surface area contributed by atoms with Gasteiger partial charge in [-0.3, -0.25) is 9.78 Å². The molecule has 31 heavy (non-hydrogen) atoms. The quantitative estimate of drug-likeness (QED) is 0.316. The molecular formula is C21H22N4O4S2. The van der Waals surface area contributed by atoms with E-state index in [1.54, 1.807) is 31.5 Å². The van der Waals surface area contributed by atoms with Crippen molar-refractivity contribution in [1.82, 2.24) is 15.2 Å². The Bertz CT molecular complexity index is 1060. The van der Waals surface area contributed by atoms with E-state index in [-0.39, 0.29) is 17.6 Å². The lowest BCUT2D eigenvalue weighted by Gasteiger charge is -2.08. The minimum absolute atomic E-state index is 0.0861. The zero-order valence-corrected chi connectivity index (χ0v) is 18.7. The van der Waals surface area contributed by atoms with Gasteiger partial charge < -0.3 is 14.5 Å². The first-order chi connectivity index (χ1) is 15.2. The molecule has 3 aromatic rings. The molecule has 1 aliphatic rings. The van der Waals surface area contributed by atoms with Crippen molar-refractivity contribution in [3.63, 3.8) is 0 Å². The number of amides is 1. The zero-order chi connectivity index (χ0) is 21.6. The van der Waals surface area contributed by atoms with E-state index in [4.69, 9.17) is 9.15 Å². The molecule has 0 bridgehead atoms. The highest BCUT2D eigenvalue weighted by molar-refractivity contribution is 7.99. The highest BCUT2D eigenvalue weighted by Gasteiger charge is 2.26. The summed E-state index contributed by atoms with van der Waals surface area (Å²) in [5, 5.41) is 11.7. The first-order valence-electron chi connectivity index (χ1n) is 10.1. The Balaban J connectivity index is 1.44. The number of hydrogen-bond acceptors (Lipinski definition) is 9. The Labute approximate surface area is 187 Å². The van der Waals surface area contributed by atoms with Gasteiger partial charge in [-0.2, -0.15) is 0 Å². The lowest BCUT2D eigenvalue weighted by Crippen LogP contribution is -2.16. The predicted molar refractivity (Wildman–Crippen MR) is 118 cm³/mol. The summed E-state index contributed by atoms with van der Waals surface area (Å²) in [6.45, 7) is 2.08. The number of hydrogen-bond donors (Lipinski definition) is 1. The maximum Gasteiger partial charge on any atom is 0.341 e. The number of anilines is 1. The molecule has 162 valence electrons. The van der Waals surface area contributed by atoms with Gasteiger partial charge in [0, 0.05) is 22.8 Å². The molecule has 0 aromatic carbocycles. The molecule has 1 amide bonds. The van der Waals surface area contributed by atoms with Gasteiger partial charge in [0.25, 0.3) is 5.22 Å². The van der Waals surface area contributed by atoms with Gasteiger partial charge in [0.15, 0.2) is 0 Å². The second kappa shape index (κ2) is 10.1. The number of thiophene rings is 1. The van der Waals surface area contributed by atoms with Gasteiger partial charge in [-0.05, 0) is 50.3 Å². The number of nitrogens with zero attached hydrogens (tertiary/aromatic N) is 3. The SMILES string of the molecule is CCOC(=O)c1c(NC(=O)CSc2nnc(-c3ccncc3)o2)sc2c1CCCCC2. The monoisotopic (exact) mass is 458 g/mol. The van der Waals surface area contributed by atoms with Gasteiger partial charge in [0.05, 0.1) is 17.9 Å². The molecule has 0 fully saturated rings. The normalized spacial score (nSPS) is 13.3. The number of pyridine rings is 1. The third-order valence-corrected chi connectivity index (χ3v) is 6.84. The van der Waals surface area contributed by atoms with Crippen LogP contribution in [0.15, 0.2) is 34.2 Å². The number of esters is 1. The van der Waals surface area contributed by atoms with Crippen molar-refractivity contribution < 1.29 is 18.7 Å². The average molecular weight is 459 g/mol. The molecule has 0 atom stereocenters. The molecule has 10 heteroatoms. The number of fused-ring (bicyclic) bond motifs is 1. The predicted octanol–water partition coefficient (Wildman–Crippen LogP) is 4.37. The Morgan fingerprint density at radius 2 is 2.00 bits per heavy atom. The van der Waals surface area contributed by atoms with Crippen LogP contribution in [-0.2, 0) is 22.4 Å². The van der Waals surface area contributed by atoms with Crippen molar-refractivity contribution >= 4 is 40.0 Å². The minimum atomic E-state index is -0.372. The van der Waals surface area contributed by atoms with Crippen LogP contribution in [0.1, 0.15) is 47.0 Å². The number of ether oxygens (including phenoxy) is 1. The van der Waals surface area contributed by atoms with Gasteiger partial charge >= 0.3 is 5.97 Å². The third-order valence-electron chi connectivity index (χ3n) is 4.81. The fourth-order valence-electron chi connectivity index (χ4n) is 3.42. The Hall–Kier alpha value is -2.72. The number of aryl methyl sites for hydroxylation is 1. The van der Waals surface area contributed by atoms with Gasteiger partial charge in [0.2, 0.25) is 11.8 Å². The highest BCUT2D eigenvalue weighted by atomic mass is 32.2. The van der Waals surface area contributed by atoms with Crippen LogP contribution in [0.2, 0.25) is 0 Å². The first kappa shape index (κ1) is 21.5. The molecule has 0 saturated carbocycles. The number of nitrogens with one attached hydrogen (secondary N) is 1. The molecule has 3 aromatic heterocycles. The summed E-state index contributed by atoms with van der Waals surface area (Å²) in [4.78, 5) is 30.3. The van der Waals surface area contributed by atoms with Gasteiger partial charge in [-0.1, -0.05) is 18.2 Å². The van der Waals surface area contributed by atoms with Crippen molar-refractivity contribution in [3.05, 3.63) is 40.5 Å². The molecule has 3 heterocycles. The third kappa shape index (κ3) is 5.13. The standard InChI is InChI=1S/C21H22N4O4S2/c1-2-28-20(27)17-14-6-4-3-5-7-15(14)31-19(17)23-16(26)12-30-21-25-24-18(29-21)13-8-10-22-11-9-13/h8-11H,2-7,12H2,1H3,(H,23,26). The van der Waals surface area contributed by atoms with E-state index in [9.17, 15) is 9.59 Å². The maximum atomic E-state index is 12.6. The van der Waals surface area contributed by atoms with Crippen molar-refractivity contribution in [2.75, 3.05) is 17.7 Å². The van der Waals surface area contributed by atoms with Crippen LogP contribution in [0.25, 0.3) is 11.5 Å². The van der Waals surface area contributed by atoms with Gasteiger partial charge in [-0.15, -0.1) is 21.5 Å². The number of rotatable bonds is 7. The number of carbonyl (C=O) groups is 2.